The normalized spacial score (nSPS) is 10.3. The number of phenolic OH excluding ortho intramolecular Hbond substituents is 1. The topological polar surface area (TPSA) is 125 Å². The van der Waals surface area contributed by atoms with E-state index in [1.54, 1.807) is 60.7 Å². The molecule has 0 aromatic heterocycles. The van der Waals surface area contributed by atoms with Crippen LogP contribution in [0.15, 0.2) is 127 Å². The van der Waals surface area contributed by atoms with Crippen molar-refractivity contribution in [1.29, 1.82) is 0 Å². The molecule has 5 aromatic rings. The number of benzene rings is 5. The molecule has 0 aliphatic carbocycles. The van der Waals surface area contributed by atoms with Crippen molar-refractivity contribution < 1.29 is 43.2 Å². The predicted octanol–water partition coefficient (Wildman–Crippen LogP) is 6.27. The average molecular weight is 575 g/mol. The maximum atomic E-state index is 12.9. The standard InChI is InChI=1S/C34H22O9/c35-26-18-24(33(38)42-29-15-7-9-22(20-29)31(36)40-27-11-3-1-4-12-27)17-25(19-26)34(39)43-30-16-8-10-23(21-30)32(37)41-28-13-5-2-6-14-28/h1-21,35H. The van der Waals surface area contributed by atoms with Gasteiger partial charge in [-0.25, -0.2) is 19.2 Å². The van der Waals surface area contributed by atoms with Gasteiger partial charge >= 0.3 is 23.9 Å². The number of esters is 4. The number of rotatable bonds is 8. The lowest BCUT2D eigenvalue weighted by Crippen LogP contribution is -2.14. The molecule has 5 rings (SSSR count). The van der Waals surface area contributed by atoms with Crippen LogP contribution in [0.4, 0.5) is 0 Å². The fourth-order valence-electron chi connectivity index (χ4n) is 3.86. The van der Waals surface area contributed by atoms with Gasteiger partial charge in [-0.3, -0.25) is 0 Å². The van der Waals surface area contributed by atoms with Gasteiger partial charge < -0.3 is 24.1 Å². The maximum absolute atomic E-state index is 12.9. The SMILES string of the molecule is O=C(Oc1ccccc1)c1cccc(OC(=O)c2cc(O)cc(C(=O)Oc3cccc(C(=O)Oc4ccccc4)c3)c2)c1. The van der Waals surface area contributed by atoms with Crippen molar-refractivity contribution in [1.82, 2.24) is 0 Å². The van der Waals surface area contributed by atoms with Crippen molar-refractivity contribution in [3.05, 3.63) is 150 Å². The summed E-state index contributed by atoms with van der Waals surface area (Å²) in [5.41, 5.74) is -0.0118. The molecule has 0 atom stereocenters. The Bertz CT molecular complexity index is 1670. The summed E-state index contributed by atoms with van der Waals surface area (Å²) in [7, 11) is 0. The third kappa shape index (κ3) is 7.50. The lowest BCUT2D eigenvalue weighted by Gasteiger charge is -2.10. The Balaban J connectivity index is 1.26. The van der Waals surface area contributed by atoms with E-state index in [4.69, 9.17) is 18.9 Å². The molecular formula is C34H22O9. The molecule has 0 bridgehead atoms. The molecule has 43 heavy (non-hydrogen) atoms. The Morgan fingerprint density at radius 2 is 0.721 bits per heavy atom. The summed E-state index contributed by atoms with van der Waals surface area (Å²) in [5.74, 6) is -2.69. The minimum absolute atomic E-state index is 0.0409. The van der Waals surface area contributed by atoms with Crippen molar-refractivity contribution in [3.63, 3.8) is 0 Å². The minimum Gasteiger partial charge on any atom is -0.508 e. The molecular weight excluding hydrogens is 552 g/mol. The molecule has 0 aliphatic heterocycles. The summed E-state index contributed by atoms with van der Waals surface area (Å²) in [4.78, 5) is 50.8. The first-order valence-electron chi connectivity index (χ1n) is 12.9. The summed E-state index contributed by atoms with van der Waals surface area (Å²) in [6.45, 7) is 0. The molecule has 0 radical (unpaired) electrons. The van der Waals surface area contributed by atoms with Crippen molar-refractivity contribution in [2.45, 2.75) is 0 Å². The number of ether oxygens (including phenoxy) is 4. The van der Waals surface area contributed by atoms with E-state index in [-0.39, 0.29) is 39.5 Å². The first-order valence-corrected chi connectivity index (χ1v) is 12.9. The van der Waals surface area contributed by atoms with E-state index < -0.39 is 23.9 Å². The highest BCUT2D eigenvalue weighted by Crippen LogP contribution is 2.23. The van der Waals surface area contributed by atoms with Gasteiger partial charge in [-0.05, 0) is 78.9 Å². The summed E-state index contributed by atoms with van der Waals surface area (Å²) in [6.07, 6.45) is 0. The van der Waals surface area contributed by atoms with E-state index in [2.05, 4.69) is 0 Å². The van der Waals surface area contributed by atoms with Gasteiger partial charge in [0, 0.05) is 0 Å². The number of hydrogen-bond acceptors (Lipinski definition) is 9. The van der Waals surface area contributed by atoms with Crippen LogP contribution in [0.2, 0.25) is 0 Å². The molecule has 0 heterocycles. The van der Waals surface area contributed by atoms with Crippen LogP contribution in [0.3, 0.4) is 0 Å². The Labute approximate surface area is 245 Å². The molecule has 5 aromatic carbocycles. The van der Waals surface area contributed by atoms with E-state index in [0.29, 0.717) is 11.5 Å². The fourth-order valence-corrected chi connectivity index (χ4v) is 3.86. The summed E-state index contributed by atoms with van der Waals surface area (Å²) >= 11 is 0. The Kier molecular flexibility index (Phi) is 8.54. The third-order valence-corrected chi connectivity index (χ3v) is 5.86. The van der Waals surface area contributed by atoms with Gasteiger partial charge in [0.25, 0.3) is 0 Å². The van der Waals surface area contributed by atoms with Crippen LogP contribution < -0.4 is 18.9 Å². The monoisotopic (exact) mass is 574 g/mol. The zero-order valence-electron chi connectivity index (χ0n) is 22.3. The second-order valence-corrected chi connectivity index (χ2v) is 9.01. The molecule has 1 N–H and O–H groups in total. The Morgan fingerprint density at radius 3 is 1.14 bits per heavy atom. The van der Waals surface area contributed by atoms with E-state index in [0.717, 1.165) is 12.1 Å². The fraction of sp³-hybridized carbons (Fsp3) is 0. The van der Waals surface area contributed by atoms with Crippen molar-refractivity contribution in [2.75, 3.05) is 0 Å². The highest BCUT2D eigenvalue weighted by Gasteiger charge is 2.18. The van der Waals surface area contributed by atoms with Crippen LogP contribution in [0.25, 0.3) is 0 Å². The third-order valence-electron chi connectivity index (χ3n) is 5.86. The Hall–Kier alpha value is -6.22. The van der Waals surface area contributed by atoms with Crippen LogP contribution >= 0.6 is 0 Å². The minimum atomic E-state index is -0.899. The van der Waals surface area contributed by atoms with E-state index in [1.165, 1.54) is 54.6 Å². The number of para-hydroxylation sites is 2. The van der Waals surface area contributed by atoms with Crippen molar-refractivity contribution in [2.24, 2.45) is 0 Å². The smallest absolute Gasteiger partial charge is 0.343 e. The number of phenols is 1. The first-order chi connectivity index (χ1) is 20.8. The molecule has 0 unspecified atom stereocenters. The van der Waals surface area contributed by atoms with Crippen LogP contribution in [0, 0.1) is 0 Å². The number of carbonyl (C=O) groups excluding carboxylic acids is 4. The average Bonchev–Trinajstić information content (AvgIpc) is 3.02. The van der Waals surface area contributed by atoms with Gasteiger partial charge in [0.15, 0.2) is 0 Å². The van der Waals surface area contributed by atoms with E-state index in [9.17, 15) is 24.3 Å². The molecule has 9 heteroatoms. The molecule has 0 saturated heterocycles. The van der Waals surface area contributed by atoms with Gasteiger partial charge in [0.1, 0.15) is 28.7 Å². The number of carbonyl (C=O) groups is 4. The van der Waals surface area contributed by atoms with Gasteiger partial charge in [-0.2, -0.15) is 0 Å². The highest BCUT2D eigenvalue weighted by atomic mass is 16.5. The largest absolute Gasteiger partial charge is 0.508 e. The lowest BCUT2D eigenvalue weighted by atomic mass is 10.1. The molecule has 0 saturated carbocycles. The zero-order valence-corrected chi connectivity index (χ0v) is 22.3. The molecule has 0 spiro atoms. The van der Waals surface area contributed by atoms with Gasteiger partial charge in [0.2, 0.25) is 0 Å². The van der Waals surface area contributed by atoms with Gasteiger partial charge in [-0.1, -0.05) is 48.5 Å². The summed E-state index contributed by atoms with van der Waals surface area (Å²) in [5, 5.41) is 10.2. The first kappa shape index (κ1) is 28.3. The van der Waals surface area contributed by atoms with Gasteiger partial charge in [-0.15, -0.1) is 0 Å². The summed E-state index contributed by atoms with van der Waals surface area (Å²) in [6, 6.07) is 32.0. The predicted molar refractivity (Wildman–Crippen MR) is 154 cm³/mol. The maximum Gasteiger partial charge on any atom is 0.343 e. The second-order valence-electron chi connectivity index (χ2n) is 9.01. The molecule has 9 nitrogen and oxygen atoms in total. The van der Waals surface area contributed by atoms with Crippen LogP contribution in [0.5, 0.6) is 28.7 Å². The van der Waals surface area contributed by atoms with Gasteiger partial charge in [0.05, 0.1) is 22.3 Å². The summed E-state index contributed by atoms with van der Waals surface area (Å²) < 4.78 is 21.4. The van der Waals surface area contributed by atoms with E-state index in [1.807, 2.05) is 0 Å². The second kappa shape index (κ2) is 13.0. The molecule has 212 valence electrons. The lowest BCUT2D eigenvalue weighted by molar-refractivity contribution is 0.0709. The molecule has 0 aliphatic rings. The van der Waals surface area contributed by atoms with Crippen LogP contribution in [0.1, 0.15) is 41.4 Å². The Morgan fingerprint density at radius 1 is 0.372 bits per heavy atom. The highest BCUT2D eigenvalue weighted by molar-refractivity contribution is 5.98. The number of aromatic hydroxyl groups is 1. The van der Waals surface area contributed by atoms with Crippen molar-refractivity contribution >= 4 is 23.9 Å². The van der Waals surface area contributed by atoms with E-state index >= 15 is 0 Å². The number of hydrogen-bond donors (Lipinski definition) is 1. The zero-order chi connectivity index (χ0) is 30.2. The van der Waals surface area contributed by atoms with Crippen molar-refractivity contribution in [3.8, 4) is 28.7 Å². The molecule has 0 amide bonds. The van der Waals surface area contributed by atoms with Crippen LogP contribution in [-0.4, -0.2) is 29.0 Å². The van der Waals surface area contributed by atoms with Crippen LogP contribution in [-0.2, 0) is 0 Å². The quantitative estimate of drug-likeness (QED) is 0.169. The molecule has 0 fully saturated rings.